The molecule has 2 amide bonds. The number of benzene rings is 3. The molecule has 3 aromatic carbocycles. The highest BCUT2D eigenvalue weighted by Crippen LogP contribution is 2.28. The van der Waals surface area contributed by atoms with Crippen molar-refractivity contribution in [3.63, 3.8) is 0 Å². The maximum absolute atomic E-state index is 12.5. The summed E-state index contributed by atoms with van der Waals surface area (Å²) < 4.78 is 7.49. The molecule has 0 bridgehead atoms. The van der Waals surface area contributed by atoms with E-state index in [2.05, 4.69) is 38.4 Å². The number of rotatable bonds is 5. The highest BCUT2D eigenvalue weighted by atomic mass is 16.5. The van der Waals surface area contributed by atoms with Crippen molar-refractivity contribution in [3.8, 4) is 5.75 Å². The zero-order valence-corrected chi connectivity index (χ0v) is 16.7. The van der Waals surface area contributed by atoms with Crippen LogP contribution in [0.15, 0.2) is 73.1 Å². The van der Waals surface area contributed by atoms with Crippen molar-refractivity contribution in [1.29, 1.82) is 0 Å². The first kappa shape index (κ1) is 18.9. The molecule has 1 aliphatic rings. The number of para-hydroxylation sites is 2. The Morgan fingerprint density at radius 1 is 1.06 bits per heavy atom. The van der Waals surface area contributed by atoms with Crippen molar-refractivity contribution < 1.29 is 14.3 Å². The summed E-state index contributed by atoms with van der Waals surface area (Å²) in [7, 11) is 0. The van der Waals surface area contributed by atoms with Gasteiger partial charge in [0.15, 0.2) is 6.61 Å². The maximum atomic E-state index is 12.5. The average molecular weight is 412 g/mol. The lowest BCUT2D eigenvalue weighted by Crippen LogP contribution is -2.26. The van der Waals surface area contributed by atoms with Gasteiger partial charge in [-0.3, -0.25) is 9.59 Å². The fourth-order valence-electron chi connectivity index (χ4n) is 3.60. The van der Waals surface area contributed by atoms with E-state index in [1.54, 1.807) is 18.2 Å². The zero-order valence-electron chi connectivity index (χ0n) is 16.7. The lowest BCUT2D eigenvalue weighted by molar-refractivity contribution is -0.118. The van der Waals surface area contributed by atoms with Crippen LogP contribution in [0.1, 0.15) is 21.5 Å². The quantitative estimate of drug-likeness (QED) is 0.527. The number of carbonyl (C=O) groups is 2. The van der Waals surface area contributed by atoms with Gasteiger partial charge >= 0.3 is 0 Å². The van der Waals surface area contributed by atoms with Gasteiger partial charge in [0.25, 0.3) is 11.8 Å². The summed E-state index contributed by atoms with van der Waals surface area (Å²) in [5.74, 6) is 0.107. The molecule has 0 aliphatic carbocycles. The van der Waals surface area contributed by atoms with Gasteiger partial charge in [0.1, 0.15) is 5.75 Å². The monoisotopic (exact) mass is 412 g/mol. The normalized spacial score (nSPS) is 12.7. The summed E-state index contributed by atoms with van der Waals surface area (Å²) in [4.78, 5) is 28.3. The second-order valence-electron chi connectivity index (χ2n) is 7.41. The largest absolute Gasteiger partial charge is 0.482 e. The average Bonchev–Trinajstić information content (AvgIpc) is 3.21. The number of hydrogen-bond donors (Lipinski definition) is 2. The highest BCUT2D eigenvalue weighted by molar-refractivity contribution is 5.99. The van der Waals surface area contributed by atoms with E-state index >= 15 is 0 Å². The summed E-state index contributed by atoms with van der Waals surface area (Å²) in [5, 5.41) is 5.64. The number of amides is 2. The van der Waals surface area contributed by atoms with E-state index in [9.17, 15) is 9.59 Å². The molecular formula is C24H20N4O3. The summed E-state index contributed by atoms with van der Waals surface area (Å²) in [6.07, 6.45) is 1.85. The Labute approximate surface area is 178 Å². The van der Waals surface area contributed by atoms with Crippen molar-refractivity contribution in [1.82, 2.24) is 14.9 Å². The standard InChI is InChI=1S/C24H20N4O3/c29-23-14-31-22-11-18(9-10-20(22)27-23)24(30)25-12-16-5-7-17(8-6-16)13-28-15-26-19-3-1-2-4-21(19)28/h1-11,15H,12-14H2,(H,25,30)(H,27,29). The van der Waals surface area contributed by atoms with E-state index in [0.29, 0.717) is 23.5 Å². The maximum Gasteiger partial charge on any atom is 0.262 e. The number of fused-ring (bicyclic) bond motifs is 2. The van der Waals surface area contributed by atoms with Gasteiger partial charge in [-0.2, -0.15) is 0 Å². The number of ether oxygens (including phenoxy) is 1. The van der Waals surface area contributed by atoms with Gasteiger partial charge in [-0.05, 0) is 41.5 Å². The molecule has 2 heterocycles. The highest BCUT2D eigenvalue weighted by Gasteiger charge is 2.17. The molecule has 0 unspecified atom stereocenters. The van der Waals surface area contributed by atoms with Crippen molar-refractivity contribution in [2.45, 2.75) is 13.1 Å². The minimum absolute atomic E-state index is 0.0424. The van der Waals surface area contributed by atoms with Gasteiger partial charge in [0.05, 0.1) is 23.0 Å². The number of carbonyl (C=O) groups excluding carboxylic acids is 2. The molecule has 1 aromatic heterocycles. The zero-order chi connectivity index (χ0) is 21.2. The van der Waals surface area contributed by atoms with Gasteiger partial charge < -0.3 is 19.9 Å². The van der Waals surface area contributed by atoms with Gasteiger partial charge in [0, 0.05) is 18.7 Å². The number of anilines is 1. The third-order valence-electron chi connectivity index (χ3n) is 5.23. The predicted octanol–water partition coefficient (Wildman–Crippen LogP) is 3.35. The van der Waals surface area contributed by atoms with E-state index in [4.69, 9.17) is 4.74 Å². The Morgan fingerprint density at radius 2 is 1.87 bits per heavy atom. The third kappa shape index (κ3) is 3.98. The summed E-state index contributed by atoms with van der Waals surface area (Å²) >= 11 is 0. The molecule has 0 radical (unpaired) electrons. The molecule has 7 heteroatoms. The predicted molar refractivity (Wildman–Crippen MR) is 117 cm³/mol. The molecule has 4 aromatic rings. The lowest BCUT2D eigenvalue weighted by Gasteiger charge is -2.18. The van der Waals surface area contributed by atoms with Gasteiger partial charge in [-0.1, -0.05) is 36.4 Å². The molecule has 0 atom stereocenters. The Hall–Kier alpha value is -4.13. The molecule has 5 rings (SSSR count). The Morgan fingerprint density at radius 3 is 2.74 bits per heavy atom. The summed E-state index contributed by atoms with van der Waals surface area (Å²) in [6, 6.07) is 21.2. The number of nitrogens with zero attached hydrogens (tertiary/aromatic N) is 2. The fourth-order valence-corrected chi connectivity index (χ4v) is 3.60. The van der Waals surface area contributed by atoms with Crippen molar-refractivity contribution in [2.75, 3.05) is 11.9 Å². The molecule has 0 saturated heterocycles. The molecule has 154 valence electrons. The first-order valence-electron chi connectivity index (χ1n) is 9.98. The SMILES string of the molecule is O=C1COc2cc(C(=O)NCc3ccc(Cn4cnc5ccccc54)cc3)ccc2N1. The van der Waals surface area contributed by atoms with Gasteiger partial charge in [-0.15, -0.1) is 0 Å². The number of hydrogen-bond acceptors (Lipinski definition) is 4. The van der Waals surface area contributed by atoms with Gasteiger partial charge in [-0.25, -0.2) is 4.98 Å². The van der Waals surface area contributed by atoms with E-state index in [0.717, 1.165) is 28.7 Å². The molecule has 0 saturated carbocycles. The number of imidazole rings is 1. The fraction of sp³-hybridized carbons (Fsp3) is 0.125. The van der Waals surface area contributed by atoms with Crippen LogP contribution in [0.2, 0.25) is 0 Å². The first-order valence-corrected chi connectivity index (χ1v) is 9.98. The Bertz CT molecular complexity index is 1280. The smallest absolute Gasteiger partial charge is 0.262 e. The van der Waals surface area contributed by atoms with Crippen LogP contribution in [0.25, 0.3) is 11.0 Å². The minimum Gasteiger partial charge on any atom is -0.482 e. The molecule has 0 spiro atoms. The van der Waals surface area contributed by atoms with Crippen LogP contribution in [0.5, 0.6) is 5.75 Å². The topological polar surface area (TPSA) is 85.2 Å². The minimum atomic E-state index is -0.200. The van der Waals surface area contributed by atoms with E-state index in [1.807, 2.05) is 36.7 Å². The van der Waals surface area contributed by atoms with E-state index in [-0.39, 0.29) is 18.4 Å². The van der Waals surface area contributed by atoms with E-state index < -0.39 is 0 Å². The summed E-state index contributed by atoms with van der Waals surface area (Å²) in [5.41, 5.74) is 5.32. The molecule has 1 aliphatic heterocycles. The van der Waals surface area contributed by atoms with Gasteiger partial charge in [0.2, 0.25) is 0 Å². The van der Waals surface area contributed by atoms with Crippen LogP contribution in [0.3, 0.4) is 0 Å². The van der Waals surface area contributed by atoms with Crippen LogP contribution in [-0.2, 0) is 17.9 Å². The van der Waals surface area contributed by atoms with Crippen LogP contribution in [0, 0.1) is 0 Å². The Kier molecular flexibility index (Phi) is 4.84. The van der Waals surface area contributed by atoms with E-state index in [1.165, 1.54) is 0 Å². The van der Waals surface area contributed by atoms with Crippen LogP contribution < -0.4 is 15.4 Å². The Balaban J connectivity index is 1.21. The molecule has 0 fully saturated rings. The molecule has 2 N–H and O–H groups in total. The second kappa shape index (κ2) is 7.95. The number of nitrogens with one attached hydrogen (secondary N) is 2. The molecule has 7 nitrogen and oxygen atoms in total. The lowest BCUT2D eigenvalue weighted by atomic mass is 10.1. The van der Waals surface area contributed by atoms with Crippen molar-refractivity contribution in [3.05, 3.63) is 89.7 Å². The molecular weight excluding hydrogens is 392 g/mol. The van der Waals surface area contributed by atoms with Crippen LogP contribution in [0.4, 0.5) is 5.69 Å². The van der Waals surface area contributed by atoms with Crippen molar-refractivity contribution >= 4 is 28.5 Å². The third-order valence-corrected chi connectivity index (χ3v) is 5.23. The van der Waals surface area contributed by atoms with Crippen LogP contribution in [-0.4, -0.2) is 28.0 Å². The summed E-state index contributed by atoms with van der Waals surface area (Å²) in [6.45, 7) is 1.11. The molecule has 31 heavy (non-hydrogen) atoms. The second-order valence-corrected chi connectivity index (χ2v) is 7.41. The number of aromatic nitrogens is 2. The van der Waals surface area contributed by atoms with Crippen LogP contribution >= 0.6 is 0 Å². The first-order chi connectivity index (χ1) is 15.2. The van der Waals surface area contributed by atoms with Crippen molar-refractivity contribution in [2.24, 2.45) is 0 Å².